The monoisotopic (exact) mass is 357 g/mol. The third kappa shape index (κ3) is 4.36. The van der Waals surface area contributed by atoms with E-state index >= 15 is 0 Å². The van der Waals surface area contributed by atoms with Crippen molar-refractivity contribution in [2.24, 2.45) is 0 Å². The van der Waals surface area contributed by atoms with E-state index in [1.54, 1.807) is 6.07 Å². The molecule has 2 heterocycles. The van der Waals surface area contributed by atoms with Gasteiger partial charge < -0.3 is 15.0 Å². The summed E-state index contributed by atoms with van der Waals surface area (Å²) in [6, 6.07) is 10.9. The van der Waals surface area contributed by atoms with Crippen LogP contribution in [0.2, 0.25) is 5.02 Å². The zero-order valence-corrected chi connectivity index (χ0v) is 14.0. The molecule has 1 amide bonds. The molecular weight excluding hydrogens is 342 g/mol. The van der Waals surface area contributed by atoms with Crippen LogP contribution in [0.3, 0.4) is 0 Å². The average Bonchev–Trinajstić information content (AvgIpc) is 3.03. The van der Waals surface area contributed by atoms with Gasteiger partial charge in [0.25, 0.3) is 5.91 Å². The third-order valence-electron chi connectivity index (χ3n) is 3.66. The van der Waals surface area contributed by atoms with Crippen molar-refractivity contribution < 1.29 is 14.3 Å². The van der Waals surface area contributed by atoms with E-state index in [1.807, 2.05) is 30.5 Å². The Morgan fingerprint density at radius 3 is 2.92 bits per heavy atom. The predicted molar refractivity (Wildman–Crippen MR) is 94.5 cm³/mol. The van der Waals surface area contributed by atoms with Crippen LogP contribution in [0.1, 0.15) is 16.1 Å². The number of aromatic amines is 1. The number of para-hydroxylation sites is 1. The SMILES string of the molecule is O=C(COC(=O)c1cc(Cl)ccn1)NCCc1c[nH]c2ccccc12. The van der Waals surface area contributed by atoms with Crippen molar-refractivity contribution in [3.63, 3.8) is 0 Å². The Hall–Kier alpha value is -2.86. The second kappa shape index (κ2) is 7.81. The molecule has 0 fully saturated rings. The Morgan fingerprint density at radius 1 is 1.24 bits per heavy atom. The molecule has 0 unspecified atom stereocenters. The van der Waals surface area contributed by atoms with Gasteiger partial charge in [0.1, 0.15) is 5.69 Å². The number of nitrogens with one attached hydrogen (secondary N) is 2. The number of benzene rings is 1. The summed E-state index contributed by atoms with van der Waals surface area (Å²) in [6.45, 7) is 0.0918. The molecule has 0 bridgehead atoms. The van der Waals surface area contributed by atoms with E-state index in [0.29, 0.717) is 18.0 Å². The molecule has 0 aliphatic rings. The molecule has 0 spiro atoms. The Kier molecular flexibility index (Phi) is 5.30. The standard InChI is InChI=1S/C18H16ClN3O3/c19-13-6-8-20-16(9-13)18(24)25-11-17(23)21-7-5-12-10-22-15-4-2-1-3-14(12)15/h1-4,6,8-10,22H,5,7,11H2,(H,21,23). The van der Waals surface area contributed by atoms with Gasteiger partial charge in [-0.15, -0.1) is 0 Å². The van der Waals surface area contributed by atoms with Gasteiger partial charge in [-0.2, -0.15) is 0 Å². The molecule has 1 aromatic carbocycles. The number of H-pyrrole nitrogens is 1. The van der Waals surface area contributed by atoms with E-state index < -0.39 is 5.97 Å². The van der Waals surface area contributed by atoms with Crippen LogP contribution in [0.5, 0.6) is 0 Å². The molecule has 0 saturated heterocycles. The minimum Gasteiger partial charge on any atom is -0.451 e. The third-order valence-corrected chi connectivity index (χ3v) is 3.89. The summed E-state index contributed by atoms with van der Waals surface area (Å²) in [6.07, 6.45) is 4.02. The van der Waals surface area contributed by atoms with E-state index in [4.69, 9.17) is 16.3 Å². The van der Waals surface area contributed by atoms with Crippen LogP contribution in [0.4, 0.5) is 0 Å². The normalized spacial score (nSPS) is 10.6. The van der Waals surface area contributed by atoms with Crippen molar-refractivity contribution >= 4 is 34.4 Å². The van der Waals surface area contributed by atoms with Crippen LogP contribution in [-0.2, 0) is 16.0 Å². The minimum absolute atomic E-state index is 0.0686. The highest BCUT2D eigenvalue weighted by molar-refractivity contribution is 6.30. The fraction of sp³-hybridized carbons (Fsp3) is 0.167. The Balaban J connectivity index is 1.44. The molecule has 128 valence electrons. The summed E-state index contributed by atoms with van der Waals surface area (Å²) in [5.41, 5.74) is 2.25. The number of amides is 1. The molecule has 0 saturated carbocycles. The van der Waals surface area contributed by atoms with Gasteiger partial charge in [0, 0.05) is 34.9 Å². The second-order valence-corrected chi connectivity index (χ2v) is 5.83. The lowest BCUT2D eigenvalue weighted by Crippen LogP contribution is -2.30. The molecule has 2 N–H and O–H groups in total. The van der Waals surface area contributed by atoms with Gasteiger partial charge in [-0.05, 0) is 30.2 Å². The topological polar surface area (TPSA) is 84.1 Å². The number of halogens is 1. The van der Waals surface area contributed by atoms with E-state index in [0.717, 1.165) is 16.5 Å². The van der Waals surface area contributed by atoms with Crippen molar-refractivity contribution in [2.75, 3.05) is 13.2 Å². The number of ether oxygens (including phenoxy) is 1. The van der Waals surface area contributed by atoms with Gasteiger partial charge in [0.15, 0.2) is 6.61 Å². The molecule has 0 radical (unpaired) electrons. The maximum Gasteiger partial charge on any atom is 0.357 e. The maximum absolute atomic E-state index is 11.8. The summed E-state index contributed by atoms with van der Waals surface area (Å²) in [5.74, 6) is -1.05. The summed E-state index contributed by atoms with van der Waals surface area (Å²) < 4.78 is 4.92. The number of fused-ring (bicyclic) bond motifs is 1. The highest BCUT2D eigenvalue weighted by atomic mass is 35.5. The number of hydrogen-bond donors (Lipinski definition) is 2. The number of carbonyl (C=O) groups excluding carboxylic acids is 2. The predicted octanol–water partition coefficient (Wildman–Crippen LogP) is 2.73. The highest BCUT2D eigenvalue weighted by Crippen LogP contribution is 2.17. The molecule has 3 rings (SSSR count). The van der Waals surface area contributed by atoms with Gasteiger partial charge in [0.05, 0.1) is 0 Å². The first-order valence-electron chi connectivity index (χ1n) is 7.74. The fourth-order valence-corrected chi connectivity index (χ4v) is 2.61. The lowest BCUT2D eigenvalue weighted by Gasteiger charge is -2.06. The Labute approximate surface area is 149 Å². The largest absolute Gasteiger partial charge is 0.451 e. The van der Waals surface area contributed by atoms with Gasteiger partial charge >= 0.3 is 5.97 Å². The van der Waals surface area contributed by atoms with Crippen molar-refractivity contribution in [2.45, 2.75) is 6.42 Å². The smallest absolute Gasteiger partial charge is 0.357 e. The van der Waals surface area contributed by atoms with Crippen LogP contribution in [0, 0.1) is 0 Å². The lowest BCUT2D eigenvalue weighted by atomic mass is 10.1. The van der Waals surface area contributed by atoms with Crippen LogP contribution in [-0.4, -0.2) is 35.0 Å². The van der Waals surface area contributed by atoms with Gasteiger partial charge in [-0.25, -0.2) is 9.78 Å². The molecule has 25 heavy (non-hydrogen) atoms. The van der Waals surface area contributed by atoms with E-state index in [2.05, 4.69) is 15.3 Å². The Bertz CT molecular complexity index is 907. The minimum atomic E-state index is -0.686. The number of rotatable bonds is 6. The van der Waals surface area contributed by atoms with Crippen molar-refractivity contribution in [3.8, 4) is 0 Å². The van der Waals surface area contributed by atoms with Crippen LogP contribution < -0.4 is 5.32 Å². The van der Waals surface area contributed by atoms with Crippen LogP contribution >= 0.6 is 11.6 Å². The van der Waals surface area contributed by atoms with E-state index in [-0.39, 0.29) is 18.2 Å². The molecule has 2 aromatic heterocycles. The first-order valence-corrected chi connectivity index (χ1v) is 8.11. The van der Waals surface area contributed by atoms with Gasteiger partial charge in [0.2, 0.25) is 0 Å². The quantitative estimate of drug-likeness (QED) is 0.664. The molecule has 0 aliphatic carbocycles. The van der Waals surface area contributed by atoms with Crippen LogP contribution in [0.25, 0.3) is 10.9 Å². The number of hydrogen-bond acceptors (Lipinski definition) is 4. The summed E-state index contributed by atoms with van der Waals surface area (Å²) in [5, 5.41) is 4.24. The summed E-state index contributed by atoms with van der Waals surface area (Å²) in [7, 11) is 0. The average molecular weight is 358 g/mol. The fourth-order valence-electron chi connectivity index (χ4n) is 2.45. The first-order chi connectivity index (χ1) is 12.1. The number of pyridine rings is 1. The lowest BCUT2D eigenvalue weighted by molar-refractivity contribution is -0.124. The summed E-state index contributed by atoms with van der Waals surface area (Å²) >= 11 is 5.78. The molecule has 0 aliphatic heterocycles. The zero-order chi connectivity index (χ0) is 17.6. The number of esters is 1. The van der Waals surface area contributed by atoms with Gasteiger partial charge in [-0.3, -0.25) is 4.79 Å². The zero-order valence-electron chi connectivity index (χ0n) is 13.3. The second-order valence-electron chi connectivity index (χ2n) is 5.39. The molecule has 0 atom stereocenters. The first kappa shape index (κ1) is 17.0. The Morgan fingerprint density at radius 2 is 2.08 bits per heavy atom. The highest BCUT2D eigenvalue weighted by Gasteiger charge is 2.12. The maximum atomic E-state index is 11.8. The number of nitrogens with zero attached hydrogens (tertiary/aromatic N) is 1. The molecule has 6 nitrogen and oxygen atoms in total. The van der Waals surface area contributed by atoms with E-state index in [9.17, 15) is 9.59 Å². The molecule has 3 aromatic rings. The van der Waals surface area contributed by atoms with Crippen LogP contribution in [0.15, 0.2) is 48.8 Å². The summed E-state index contributed by atoms with van der Waals surface area (Å²) in [4.78, 5) is 30.6. The van der Waals surface area contributed by atoms with Gasteiger partial charge in [-0.1, -0.05) is 29.8 Å². The molecule has 7 heteroatoms. The molecular formula is C18H16ClN3O3. The van der Waals surface area contributed by atoms with Crippen molar-refractivity contribution in [1.29, 1.82) is 0 Å². The van der Waals surface area contributed by atoms with Crippen molar-refractivity contribution in [1.82, 2.24) is 15.3 Å². The van der Waals surface area contributed by atoms with Crippen molar-refractivity contribution in [3.05, 3.63) is 65.1 Å². The number of aromatic nitrogens is 2. The number of carbonyl (C=O) groups is 2. The van der Waals surface area contributed by atoms with E-state index in [1.165, 1.54) is 12.3 Å².